The van der Waals surface area contributed by atoms with Gasteiger partial charge in [0.15, 0.2) is 11.5 Å². The molecular weight excluding hydrogens is 578 g/mol. The van der Waals surface area contributed by atoms with Gasteiger partial charge in [0.2, 0.25) is 5.91 Å². The highest BCUT2D eigenvalue weighted by Crippen LogP contribution is 2.34. The Balaban J connectivity index is 1.24. The number of amides is 3. The van der Waals surface area contributed by atoms with Crippen LogP contribution in [0.15, 0.2) is 42.6 Å². The van der Waals surface area contributed by atoms with E-state index in [0.717, 1.165) is 24.3 Å². The summed E-state index contributed by atoms with van der Waals surface area (Å²) < 4.78 is 18.8. The number of carbonyl (C=O) groups is 3. The number of aryl methyl sites for hydroxylation is 1. The van der Waals surface area contributed by atoms with Crippen LogP contribution < -0.4 is 19.7 Å². The number of likely N-dealkylation sites (tertiary alicyclic amines) is 1. The Bertz CT molecular complexity index is 1570. The summed E-state index contributed by atoms with van der Waals surface area (Å²) in [6, 6.07) is 10.7. The number of likely N-dealkylation sites (N-methyl/N-ethyl adjacent to an activating group) is 1. The van der Waals surface area contributed by atoms with Crippen LogP contribution in [-0.4, -0.2) is 109 Å². The Labute approximate surface area is 262 Å². The molecule has 0 aliphatic carbocycles. The van der Waals surface area contributed by atoms with Gasteiger partial charge in [-0.05, 0) is 42.8 Å². The summed E-state index contributed by atoms with van der Waals surface area (Å²) in [4.78, 5) is 45.8. The van der Waals surface area contributed by atoms with Crippen molar-refractivity contribution in [2.75, 3.05) is 71.5 Å². The van der Waals surface area contributed by atoms with Gasteiger partial charge in [-0.15, -0.1) is 5.10 Å². The summed E-state index contributed by atoms with van der Waals surface area (Å²) in [7, 11) is 3.20. The lowest BCUT2D eigenvalue weighted by Gasteiger charge is -2.30. The topological polar surface area (TPSA) is 131 Å². The Hall–Kier alpha value is -4.65. The number of carbonyl (C=O) groups excluding carboxylic acids is 3. The molecule has 3 aliphatic heterocycles. The highest BCUT2D eigenvalue weighted by Gasteiger charge is 2.39. The quantitative estimate of drug-likeness (QED) is 0.468. The number of fused-ring (bicyclic) bond motifs is 5. The number of nitrogens with one attached hydrogen (secondary N) is 1. The normalized spacial score (nSPS) is 21.1. The summed E-state index contributed by atoms with van der Waals surface area (Å²) >= 11 is 0. The van der Waals surface area contributed by atoms with E-state index in [9.17, 15) is 14.4 Å². The number of anilines is 1. The molecular formula is C32H39N7O6. The standard InChI is InChI=1S/C32H39N7O6/c1-21-15-22(7-8-26(21)37-11-13-44-14-12-37)31(41)38-17-23-16-29(40)33-9-10-36(2)32(42)25-5-4-6-28(43-3)30(25)45-20-24-18-39(35-34-24)27(23)19-38/h4-8,15,18,23,27H,9-14,16-17,19-20H2,1-3H3,(H,33,40)/t23-,27+/m0/s1. The summed E-state index contributed by atoms with van der Waals surface area (Å²) in [5.41, 5.74) is 3.65. The van der Waals surface area contributed by atoms with Crippen molar-refractivity contribution in [2.45, 2.75) is 26.0 Å². The maximum Gasteiger partial charge on any atom is 0.257 e. The average Bonchev–Trinajstić information content (AvgIpc) is 3.70. The number of benzene rings is 2. The van der Waals surface area contributed by atoms with Gasteiger partial charge in [-0.1, -0.05) is 11.3 Å². The van der Waals surface area contributed by atoms with Crippen LogP contribution in [-0.2, 0) is 16.1 Å². The minimum atomic E-state index is -0.257. The predicted octanol–water partition coefficient (Wildman–Crippen LogP) is 1.92. The molecule has 3 aliphatic rings. The van der Waals surface area contributed by atoms with Gasteiger partial charge in [0, 0.05) is 69.9 Å². The molecule has 238 valence electrons. The monoisotopic (exact) mass is 617 g/mol. The van der Waals surface area contributed by atoms with Crippen molar-refractivity contribution in [3.05, 3.63) is 65.0 Å². The molecule has 2 aromatic carbocycles. The molecule has 0 unspecified atom stereocenters. The highest BCUT2D eigenvalue weighted by atomic mass is 16.5. The molecule has 2 bridgehead atoms. The number of ether oxygens (including phenoxy) is 3. The van der Waals surface area contributed by atoms with E-state index < -0.39 is 0 Å². The fraction of sp³-hybridized carbons (Fsp3) is 0.469. The fourth-order valence-corrected chi connectivity index (χ4v) is 6.31. The fourth-order valence-electron chi connectivity index (χ4n) is 6.31. The molecule has 3 aromatic rings. The van der Waals surface area contributed by atoms with E-state index in [4.69, 9.17) is 14.2 Å². The van der Waals surface area contributed by atoms with E-state index >= 15 is 0 Å². The average molecular weight is 618 g/mol. The van der Waals surface area contributed by atoms with Crippen LogP contribution in [0.25, 0.3) is 0 Å². The van der Waals surface area contributed by atoms with Crippen LogP contribution in [0.1, 0.15) is 44.4 Å². The predicted molar refractivity (Wildman–Crippen MR) is 165 cm³/mol. The summed E-state index contributed by atoms with van der Waals surface area (Å²) in [5, 5.41) is 11.6. The lowest BCUT2D eigenvalue weighted by atomic mass is 9.99. The van der Waals surface area contributed by atoms with E-state index in [2.05, 4.69) is 20.5 Å². The molecule has 3 amide bonds. The van der Waals surface area contributed by atoms with Crippen LogP contribution in [0.5, 0.6) is 11.5 Å². The molecule has 2 fully saturated rings. The Kier molecular flexibility index (Phi) is 8.87. The first-order valence-electron chi connectivity index (χ1n) is 15.3. The second-order valence-electron chi connectivity index (χ2n) is 11.7. The number of methoxy groups -OCH3 is 1. The van der Waals surface area contributed by atoms with Crippen molar-refractivity contribution in [1.29, 1.82) is 0 Å². The molecule has 4 heterocycles. The van der Waals surface area contributed by atoms with Gasteiger partial charge in [0.1, 0.15) is 12.3 Å². The van der Waals surface area contributed by atoms with E-state index in [1.807, 2.05) is 25.1 Å². The molecule has 45 heavy (non-hydrogen) atoms. The molecule has 1 N–H and O–H groups in total. The van der Waals surface area contributed by atoms with Crippen molar-refractivity contribution in [1.82, 2.24) is 30.1 Å². The van der Waals surface area contributed by atoms with Gasteiger partial charge in [-0.2, -0.15) is 0 Å². The number of rotatable bonds is 3. The number of hydrogen-bond acceptors (Lipinski definition) is 9. The second kappa shape index (κ2) is 13.1. The number of para-hydroxylation sites is 1. The van der Waals surface area contributed by atoms with Crippen molar-refractivity contribution in [3.63, 3.8) is 0 Å². The zero-order valence-electron chi connectivity index (χ0n) is 25.9. The first-order valence-corrected chi connectivity index (χ1v) is 15.3. The Morgan fingerprint density at radius 2 is 1.91 bits per heavy atom. The smallest absolute Gasteiger partial charge is 0.257 e. The molecule has 13 nitrogen and oxygen atoms in total. The number of hydrogen-bond donors (Lipinski definition) is 1. The molecule has 2 saturated heterocycles. The molecule has 0 saturated carbocycles. The van der Waals surface area contributed by atoms with Gasteiger partial charge in [-0.25, -0.2) is 4.68 Å². The third kappa shape index (κ3) is 6.44. The Morgan fingerprint density at radius 3 is 2.69 bits per heavy atom. The van der Waals surface area contributed by atoms with Gasteiger partial charge < -0.3 is 34.2 Å². The van der Waals surface area contributed by atoms with Crippen molar-refractivity contribution in [2.24, 2.45) is 5.92 Å². The minimum absolute atomic E-state index is 0.0552. The second-order valence-corrected chi connectivity index (χ2v) is 11.7. The van der Waals surface area contributed by atoms with E-state index in [1.165, 1.54) is 12.0 Å². The summed E-state index contributed by atoms with van der Waals surface area (Å²) in [6.07, 6.45) is 1.98. The van der Waals surface area contributed by atoms with Gasteiger partial charge in [0.25, 0.3) is 11.8 Å². The van der Waals surface area contributed by atoms with Crippen LogP contribution in [0, 0.1) is 12.8 Å². The zero-order chi connectivity index (χ0) is 31.5. The lowest BCUT2D eigenvalue weighted by molar-refractivity contribution is -0.122. The number of aromatic nitrogens is 3. The molecule has 13 heteroatoms. The highest BCUT2D eigenvalue weighted by molar-refractivity contribution is 5.98. The van der Waals surface area contributed by atoms with Gasteiger partial charge >= 0.3 is 0 Å². The van der Waals surface area contributed by atoms with Crippen LogP contribution in [0.4, 0.5) is 5.69 Å². The first-order chi connectivity index (χ1) is 21.8. The van der Waals surface area contributed by atoms with Crippen molar-refractivity contribution >= 4 is 23.4 Å². The third-order valence-corrected chi connectivity index (χ3v) is 8.74. The van der Waals surface area contributed by atoms with E-state index in [1.54, 1.807) is 41.0 Å². The lowest BCUT2D eigenvalue weighted by Crippen LogP contribution is -2.37. The Morgan fingerprint density at radius 1 is 1.09 bits per heavy atom. The minimum Gasteiger partial charge on any atom is -0.493 e. The molecule has 2 atom stereocenters. The van der Waals surface area contributed by atoms with Gasteiger partial charge in [-0.3, -0.25) is 14.4 Å². The molecule has 0 spiro atoms. The van der Waals surface area contributed by atoms with Crippen LogP contribution in [0.2, 0.25) is 0 Å². The molecule has 0 radical (unpaired) electrons. The molecule has 1 aromatic heterocycles. The van der Waals surface area contributed by atoms with Crippen LogP contribution >= 0.6 is 0 Å². The maximum absolute atomic E-state index is 13.8. The van der Waals surface area contributed by atoms with Gasteiger partial charge in [0.05, 0.1) is 38.1 Å². The number of nitrogens with zero attached hydrogens (tertiary/aromatic N) is 6. The number of morpholine rings is 1. The van der Waals surface area contributed by atoms with Crippen LogP contribution in [0.3, 0.4) is 0 Å². The SMILES string of the molecule is COc1cccc2c1OCc1cn(nn1)[C@@H]1CN(C(=O)c3ccc(N4CCOCC4)c(C)c3)C[C@@H]1CC(=O)NCCN(C)C2=O. The molecule has 6 rings (SSSR count). The largest absolute Gasteiger partial charge is 0.493 e. The zero-order valence-corrected chi connectivity index (χ0v) is 25.9. The third-order valence-electron chi connectivity index (χ3n) is 8.74. The van der Waals surface area contributed by atoms with Crippen molar-refractivity contribution < 1.29 is 28.6 Å². The maximum atomic E-state index is 13.8. The van der Waals surface area contributed by atoms with Crippen molar-refractivity contribution in [3.8, 4) is 11.5 Å². The summed E-state index contributed by atoms with van der Waals surface area (Å²) in [6.45, 7) is 6.48. The van der Waals surface area contributed by atoms with E-state index in [-0.39, 0.29) is 49.3 Å². The van der Waals surface area contributed by atoms with E-state index in [0.29, 0.717) is 61.2 Å². The first kappa shape index (κ1) is 30.4. The summed E-state index contributed by atoms with van der Waals surface area (Å²) in [5.74, 6) is 0.0576.